The van der Waals surface area contributed by atoms with Crippen molar-refractivity contribution < 1.29 is 17.6 Å². The Labute approximate surface area is 97.6 Å². The Morgan fingerprint density at radius 1 is 0.941 bits per heavy atom. The first-order chi connectivity index (χ1) is 7.98. The molecule has 17 heavy (non-hydrogen) atoms. The Kier molecular flexibility index (Phi) is 3.40. The van der Waals surface area contributed by atoms with Crippen LogP contribution in [0.3, 0.4) is 0 Å². The van der Waals surface area contributed by atoms with E-state index in [0.717, 1.165) is 31.2 Å². The van der Waals surface area contributed by atoms with E-state index in [9.17, 15) is 17.6 Å². The molecule has 0 aliphatic heterocycles. The first-order valence-electron chi connectivity index (χ1n) is 5.70. The lowest BCUT2D eigenvalue weighted by Gasteiger charge is -2.24. The van der Waals surface area contributed by atoms with Crippen molar-refractivity contribution in [2.75, 3.05) is 0 Å². The molecule has 1 aliphatic rings. The van der Waals surface area contributed by atoms with Gasteiger partial charge in [0.2, 0.25) is 0 Å². The van der Waals surface area contributed by atoms with Crippen LogP contribution >= 0.6 is 0 Å². The fraction of sp³-hybridized carbons (Fsp3) is 0.462. The van der Waals surface area contributed by atoms with Gasteiger partial charge in [-0.25, -0.2) is 4.39 Å². The van der Waals surface area contributed by atoms with Gasteiger partial charge < -0.3 is 0 Å². The summed E-state index contributed by atoms with van der Waals surface area (Å²) in [7, 11) is 0. The molecule has 1 saturated carbocycles. The Morgan fingerprint density at radius 3 is 2.18 bits per heavy atom. The third-order valence-electron chi connectivity index (χ3n) is 3.13. The van der Waals surface area contributed by atoms with Gasteiger partial charge >= 0.3 is 6.18 Å². The van der Waals surface area contributed by atoms with E-state index < -0.39 is 17.6 Å². The highest BCUT2D eigenvalue weighted by Gasteiger charge is 2.36. The predicted molar refractivity (Wildman–Crippen MR) is 56.8 cm³/mol. The number of hydrogen-bond acceptors (Lipinski definition) is 0. The molecule has 2 rings (SSSR count). The highest BCUT2D eigenvalue weighted by Crippen LogP contribution is 2.40. The van der Waals surface area contributed by atoms with Crippen LogP contribution in [0.15, 0.2) is 18.2 Å². The second-order valence-corrected chi connectivity index (χ2v) is 4.35. The van der Waals surface area contributed by atoms with Crippen molar-refractivity contribution in [3.63, 3.8) is 0 Å². The van der Waals surface area contributed by atoms with Crippen molar-refractivity contribution in [1.29, 1.82) is 0 Å². The maximum Gasteiger partial charge on any atom is 0.416 e. The molecule has 1 aromatic rings. The summed E-state index contributed by atoms with van der Waals surface area (Å²) in [5.74, 6) is -0.0268. The minimum absolute atomic E-state index is 0.179. The number of benzene rings is 1. The van der Waals surface area contributed by atoms with E-state index in [0.29, 0.717) is 18.9 Å². The first kappa shape index (κ1) is 12.4. The second-order valence-electron chi connectivity index (χ2n) is 4.35. The van der Waals surface area contributed by atoms with Crippen molar-refractivity contribution >= 4 is 0 Å². The van der Waals surface area contributed by atoms with Crippen LogP contribution in [0.25, 0.3) is 0 Å². The number of rotatable bonds is 1. The molecule has 1 fully saturated rings. The second kappa shape index (κ2) is 4.67. The predicted octanol–water partition coefficient (Wildman–Crippen LogP) is 4.73. The van der Waals surface area contributed by atoms with Crippen molar-refractivity contribution in [1.82, 2.24) is 0 Å². The third kappa shape index (κ3) is 2.79. The van der Waals surface area contributed by atoms with Crippen molar-refractivity contribution in [2.24, 2.45) is 0 Å². The lowest BCUT2D eigenvalue weighted by molar-refractivity contribution is -0.138. The normalized spacial score (nSPS) is 18.4. The average Bonchev–Trinajstić information content (AvgIpc) is 2.29. The van der Waals surface area contributed by atoms with E-state index in [2.05, 4.69) is 0 Å². The highest BCUT2D eigenvalue weighted by atomic mass is 19.4. The minimum Gasteiger partial charge on any atom is -0.207 e. The third-order valence-corrected chi connectivity index (χ3v) is 3.13. The zero-order valence-corrected chi connectivity index (χ0v) is 9.28. The summed E-state index contributed by atoms with van der Waals surface area (Å²) in [5, 5.41) is 0. The fourth-order valence-corrected chi connectivity index (χ4v) is 2.31. The van der Waals surface area contributed by atoms with Gasteiger partial charge in [0.1, 0.15) is 5.82 Å². The van der Waals surface area contributed by atoms with Gasteiger partial charge in [-0.3, -0.25) is 0 Å². The molecule has 0 nitrogen and oxygen atoms in total. The van der Waals surface area contributed by atoms with Crippen molar-refractivity contribution in [2.45, 2.75) is 38.3 Å². The van der Waals surface area contributed by atoms with Gasteiger partial charge in [-0.05, 0) is 30.5 Å². The summed E-state index contributed by atoms with van der Waals surface area (Å²) >= 11 is 0. The van der Waals surface area contributed by atoms with Crippen LogP contribution in [0.2, 0.25) is 0 Å². The zero-order chi connectivity index (χ0) is 12.5. The summed E-state index contributed by atoms with van der Waals surface area (Å²) < 4.78 is 51.3. The van der Waals surface area contributed by atoms with E-state index in [1.807, 2.05) is 0 Å². The van der Waals surface area contributed by atoms with E-state index in [-0.39, 0.29) is 5.56 Å². The van der Waals surface area contributed by atoms with E-state index in [4.69, 9.17) is 0 Å². The number of alkyl halides is 3. The molecular formula is C13H13F4. The SMILES string of the molecule is Fc1ccc([C]2CCCCC2)c(C(F)(F)F)c1. The molecule has 0 aromatic heterocycles. The molecule has 0 saturated heterocycles. The largest absolute Gasteiger partial charge is 0.416 e. The molecule has 0 amide bonds. The van der Waals surface area contributed by atoms with Crippen LogP contribution in [-0.2, 0) is 6.18 Å². The summed E-state index contributed by atoms with van der Waals surface area (Å²) in [4.78, 5) is 0. The summed E-state index contributed by atoms with van der Waals surface area (Å²) in [6.45, 7) is 0. The molecule has 1 radical (unpaired) electrons. The van der Waals surface area contributed by atoms with Crippen LogP contribution in [-0.4, -0.2) is 0 Å². The number of halogens is 4. The fourth-order valence-electron chi connectivity index (χ4n) is 2.31. The molecule has 93 valence electrons. The molecule has 0 spiro atoms. The number of hydrogen-bond donors (Lipinski definition) is 0. The van der Waals surface area contributed by atoms with Crippen LogP contribution in [0.5, 0.6) is 0 Å². The highest BCUT2D eigenvalue weighted by molar-refractivity contribution is 5.41. The van der Waals surface area contributed by atoms with Gasteiger partial charge in [0.05, 0.1) is 5.56 Å². The Bertz CT molecular complexity index is 389. The topological polar surface area (TPSA) is 0 Å². The molecule has 4 heteroatoms. The molecule has 0 atom stereocenters. The minimum atomic E-state index is -4.48. The van der Waals surface area contributed by atoms with Crippen molar-refractivity contribution in [3.05, 3.63) is 41.1 Å². The van der Waals surface area contributed by atoms with Crippen LogP contribution in [0.4, 0.5) is 17.6 Å². The van der Waals surface area contributed by atoms with Gasteiger partial charge in [-0.2, -0.15) is 13.2 Å². The lowest BCUT2D eigenvalue weighted by atomic mass is 9.82. The summed E-state index contributed by atoms with van der Waals surface area (Å²) in [6.07, 6.45) is -0.203. The van der Waals surface area contributed by atoms with Gasteiger partial charge in [0.25, 0.3) is 0 Å². The molecule has 0 unspecified atom stereocenters. The van der Waals surface area contributed by atoms with Gasteiger partial charge in [0.15, 0.2) is 0 Å². The lowest BCUT2D eigenvalue weighted by Crippen LogP contribution is -2.15. The molecule has 0 N–H and O–H groups in total. The van der Waals surface area contributed by atoms with Gasteiger partial charge in [0, 0.05) is 5.92 Å². The first-order valence-corrected chi connectivity index (χ1v) is 5.70. The molecule has 1 aromatic carbocycles. The van der Waals surface area contributed by atoms with Crippen LogP contribution < -0.4 is 0 Å². The smallest absolute Gasteiger partial charge is 0.207 e. The van der Waals surface area contributed by atoms with Crippen molar-refractivity contribution in [3.8, 4) is 0 Å². The van der Waals surface area contributed by atoms with Crippen LogP contribution in [0, 0.1) is 11.7 Å². The van der Waals surface area contributed by atoms with Gasteiger partial charge in [-0.15, -0.1) is 0 Å². The summed E-state index contributed by atoms with van der Waals surface area (Å²) in [6, 6.07) is 2.96. The molecule has 0 heterocycles. The zero-order valence-electron chi connectivity index (χ0n) is 9.28. The molecule has 1 aliphatic carbocycles. The monoisotopic (exact) mass is 245 g/mol. The molecule has 0 bridgehead atoms. The Hall–Kier alpha value is -1.06. The van der Waals surface area contributed by atoms with Crippen LogP contribution in [0.1, 0.15) is 43.2 Å². The Balaban J connectivity index is 2.38. The maximum atomic E-state index is 12.9. The summed E-state index contributed by atoms with van der Waals surface area (Å²) in [5.41, 5.74) is -0.659. The quantitative estimate of drug-likeness (QED) is 0.627. The standard InChI is InChI=1S/C13H13F4/c14-10-6-7-11(9-4-2-1-3-5-9)12(8-10)13(15,16)17/h6-8H,1-5H2. The molecular weight excluding hydrogens is 232 g/mol. The van der Waals surface area contributed by atoms with Gasteiger partial charge in [-0.1, -0.05) is 25.3 Å². The van der Waals surface area contributed by atoms with E-state index >= 15 is 0 Å². The van der Waals surface area contributed by atoms with E-state index in [1.54, 1.807) is 0 Å². The average molecular weight is 245 g/mol. The Morgan fingerprint density at radius 2 is 1.59 bits per heavy atom. The van der Waals surface area contributed by atoms with E-state index in [1.165, 1.54) is 6.07 Å². The maximum absolute atomic E-state index is 12.9.